The average molecular weight is 454 g/mol. The normalized spacial score (nSPS) is 13.2. The van der Waals surface area contributed by atoms with E-state index in [4.69, 9.17) is 0 Å². The summed E-state index contributed by atoms with van der Waals surface area (Å²) in [5, 5.41) is 6.51. The summed E-state index contributed by atoms with van der Waals surface area (Å²) in [7, 11) is -1.59. The zero-order chi connectivity index (χ0) is 16.8. The molecule has 0 fully saturated rings. The minimum absolute atomic E-state index is 0. The van der Waals surface area contributed by atoms with Gasteiger partial charge in [0.05, 0.1) is 11.9 Å². The van der Waals surface area contributed by atoms with Gasteiger partial charge in [-0.25, -0.2) is 8.42 Å². The van der Waals surface area contributed by atoms with Gasteiger partial charge in [-0.3, -0.25) is 9.71 Å². The van der Waals surface area contributed by atoms with Gasteiger partial charge in [0.15, 0.2) is 5.96 Å². The van der Waals surface area contributed by atoms with Crippen molar-refractivity contribution in [1.82, 2.24) is 10.6 Å². The van der Waals surface area contributed by atoms with Crippen molar-refractivity contribution < 1.29 is 8.42 Å². The number of anilines is 1. The van der Waals surface area contributed by atoms with Crippen molar-refractivity contribution in [1.29, 1.82) is 0 Å². The highest BCUT2D eigenvalue weighted by molar-refractivity contribution is 14.0. The zero-order valence-electron chi connectivity index (χ0n) is 14.3. The number of benzene rings is 1. The monoisotopic (exact) mass is 454 g/mol. The van der Waals surface area contributed by atoms with E-state index in [1.54, 1.807) is 19.2 Å². The molecule has 3 N–H and O–H groups in total. The lowest BCUT2D eigenvalue weighted by Gasteiger charge is -2.21. The van der Waals surface area contributed by atoms with E-state index < -0.39 is 10.0 Å². The molecule has 1 aromatic carbocycles. The number of hydrogen-bond donors (Lipinski definition) is 3. The van der Waals surface area contributed by atoms with Crippen LogP contribution in [0.1, 0.15) is 26.3 Å². The Bertz CT molecular complexity index is 618. The van der Waals surface area contributed by atoms with Crippen LogP contribution in [0.5, 0.6) is 0 Å². The molecule has 0 saturated carbocycles. The predicted molar refractivity (Wildman–Crippen MR) is 108 cm³/mol. The van der Waals surface area contributed by atoms with E-state index >= 15 is 0 Å². The first kappa shape index (κ1) is 22.0. The molecule has 0 spiro atoms. The maximum atomic E-state index is 11.4. The fraction of sp³-hybridized carbons (Fsp3) is 0.533. The third kappa shape index (κ3) is 8.40. The largest absolute Gasteiger partial charge is 0.354 e. The van der Waals surface area contributed by atoms with Crippen LogP contribution in [0.3, 0.4) is 0 Å². The second-order valence-electron chi connectivity index (χ2n) is 5.63. The first-order chi connectivity index (χ1) is 10.2. The van der Waals surface area contributed by atoms with E-state index in [9.17, 15) is 8.42 Å². The van der Waals surface area contributed by atoms with Crippen molar-refractivity contribution in [3.63, 3.8) is 0 Å². The molecule has 0 amide bonds. The third-order valence-electron chi connectivity index (χ3n) is 3.35. The van der Waals surface area contributed by atoms with Crippen LogP contribution >= 0.6 is 24.0 Å². The highest BCUT2D eigenvalue weighted by Crippen LogP contribution is 2.15. The summed E-state index contributed by atoms with van der Waals surface area (Å²) < 4.78 is 25.3. The van der Waals surface area contributed by atoms with Crippen molar-refractivity contribution >= 4 is 45.6 Å². The molecule has 0 aliphatic rings. The quantitative estimate of drug-likeness (QED) is 0.350. The molecule has 0 heterocycles. The summed E-state index contributed by atoms with van der Waals surface area (Å²) in [6.45, 7) is 6.84. The molecule has 0 bridgehead atoms. The Hall–Kier alpha value is -1.03. The van der Waals surface area contributed by atoms with Crippen LogP contribution in [-0.2, 0) is 16.6 Å². The third-order valence-corrected chi connectivity index (χ3v) is 3.94. The Morgan fingerprint density at radius 3 is 2.35 bits per heavy atom. The van der Waals surface area contributed by atoms with Gasteiger partial charge < -0.3 is 10.6 Å². The minimum Gasteiger partial charge on any atom is -0.354 e. The van der Waals surface area contributed by atoms with E-state index in [1.165, 1.54) is 0 Å². The standard InChI is InChI=1S/C15H26N4O2S.HI/c1-11(2)12(3)18-15(16-4)17-10-13-8-6-7-9-14(13)19-22(5,20)21;/h6-9,11-12,19H,10H2,1-5H3,(H2,16,17,18);1H. The van der Waals surface area contributed by atoms with Gasteiger partial charge in [0.25, 0.3) is 0 Å². The number of hydrogen-bond acceptors (Lipinski definition) is 3. The summed E-state index contributed by atoms with van der Waals surface area (Å²) in [5.74, 6) is 1.17. The molecular weight excluding hydrogens is 427 g/mol. The van der Waals surface area contributed by atoms with Gasteiger partial charge in [-0.15, -0.1) is 24.0 Å². The van der Waals surface area contributed by atoms with Crippen LogP contribution in [0.4, 0.5) is 5.69 Å². The maximum Gasteiger partial charge on any atom is 0.229 e. The molecule has 6 nitrogen and oxygen atoms in total. The molecule has 1 atom stereocenters. The van der Waals surface area contributed by atoms with Crippen molar-refractivity contribution in [3.05, 3.63) is 29.8 Å². The minimum atomic E-state index is -3.30. The lowest BCUT2D eigenvalue weighted by molar-refractivity contribution is 0.481. The lowest BCUT2D eigenvalue weighted by atomic mass is 10.1. The number of sulfonamides is 1. The number of rotatable bonds is 6. The van der Waals surface area contributed by atoms with Gasteiger partial charge in [0.2, 0.25) is 10.0 Å². The van der Waals surface area contributed by atoms with Gasteiger partial charge in [-0.2, -0.15) is 0 Å². The average Bonchev–Trinajstić information content (AvgIpc) is 2.42. The van der Waals surface area contributed by atoms with Crippen LogP contribution in [0.15, 0.2) is 29.3 Å². The number of nitrogens with one attached hydrogen (secondary N) is 3. The van der Waals surface area contributed by atoms with E-state index in [0.717, 1.165) is 11.8 Å². The van der Waals surface area contributed by atoms with Gasteiger partial charge in [0, 0.05) is 19.6 Å². The van der Waals surface area contributed by atoms with E-state index in [-0.39, 0.29) is 30.0 Å². The molecule has 0 radical (unpaired) electrons. The zero-order valence-corrected chi connectivity index (χ0v) is 17.4. The summed E-state index contributed by atoms with van der Waals surface area (Å²) in [6.07, 6.45) is 1.14. The highest BCUT2D eigenvalue weighted by atomic mass is 127. The topological polar surface area (TPSA) is 82.6 Å². The fourth-order valence-corrected chi connectivity index (χ4v) is 2.33. The van der Waals surface area contributed by atoms with Gasteiger partial charge >= 0.3 is 0 Å². The molecule has 1 aromatic rings. The van der Waals surface area contributed by atoms with Gasteiger partial charge in [-0.05, 0) is 24.5 Å². The smallest absolute Gasteiger partial charge is 0.229 e. The summed E-state index contributed by atoms with van der Waals surface area (Å²) in [4.78, 5) is 4.19. The van der Waals surface area contributed by atoms with Crippen LogP contribution in [0.2, 0.25) is 0 Å². The molecule has 23 heavy (non-hydrogen) atoms. The molecule has 132 valence electrons. The van der Waals surface area contributed by atoms with Crippen LogP contribution < -0.4 is 15.4 Å². The Balaban J connectivity index is 0.00000484. The maximum absolute atomic E-state index is 11.4. The summed E-state index contributed by atoms with van der Waals surface area (Å²) in [5.41, 5.74) is 1.43. The molecule has 0 aromatic heterocycles. The van der Waals surface area contributed by atoms with Gasteiger partial charge in [-0.1, -0.05) is 32.0 Å². The Morgan fingerprint density at radius 1 is 1.22 bits per heavy atom. The van der Waals surface area contributed by atoms with E-state index in [1.807, 2.05) is 12.1 Å². The Morgan fingerprint density at radius 2 is 1.83 bits per heavy atom. The van der Waals surface area contributed by atoms with Crippen molar-refractivity contribution in [2.45, 2.75) is 33.4 Å². The number of halogens is 1. The molecule has 0 aliphatic heterocycles. The number of guanidine groups is 1. The molecule has 0 aliphatic carbocycles. The molecule has 1 rings (SSSR count). The number of para-hydroxylation sites is 1. The number of nitrogens with zero attached hydrogens (tertiary/aromatic N) is 1. The molecular formula is C15H27IN4O2S. The second kappa shape index (κ2) is 9.96. The first-order valence-corrected chi connectivity index (χ1v) is 9.15. The number of aliphatic imine (C=N–C) groups is 1. The summed E-state index contributed by atoms with van der Waals surface area (Å²) in [6, 6.07) is 7.57. The Kier molecular flexibility index (Phi) is 9.52. The summed E-state index contributed by atoms with van der Waals surface area (Å²) >= 11 is 0. The van der Waals surface area contributed by atoms with E-state index in [2.05, 4.69) is 41.1 Å². The van der Waals surface area contributed by atoms with Crippen molar-refractivity contribution in [2.75, 3.05) is 18.0 Å². The lowest BCUT2D eigenvalue weighted by Crippen LogP contribution is -2.43. The van der Waals surface area contributed by atoms with Crippen molar-refractivity contribution in [3.8, 4) is 0 Å². The SMILES string of the molecule is CN=C(NCc1ccccc1NS(C)(=O)=O)NC(C)C(C)C.I. The van der Waals surface area contributed by atoms with Crippen molar-refractivity contribution in [2.24, 2.45) is 10.9 Å². The van der Waals surface area contributed by atoms with Gasteiger partial charge in [0.1, 0.15) is 0 Å². The van der Waals surface area contributed by atoms with Crippen LogP contribution in [-0.4, -0.2) is 33.7 Å². The Labute approximate surface area is 156 Å². The highest BCUT2D eigenvalue weighted by Gasteiger charge is 2.10. The predicted octanol–water partition coefficient (Wildman–Crippen LogP) is 2.39. The first-order valence-electron chi connectivity index (χ1n) is 7.26. The molecule has 8 heteroatoms. The second-order valence-corrected chi connectivity index (χ2v) is 7.38. The fourth-order valence-electron chi connectivity index (χ4n) is 1.73. The molecule has 0 saturated heterocycles. The van der Waals surface area contributed by atoms with Crippen LogP contribution in [0, 0.1) is 5.92 Å². The molecule has 1 unspecified atom stereocenters. The van der Waals surface area contributed by atoms with E-state index in [0.29, 0.717) is 24.1 Å². The van der Waals surface area contributed by atoms with Crippen LogP contribution in [0.25, 0.3) is 0 Å².